The molecule has 7 heteroatoms. The molecular weight excluding hydrogens is 251 g/mol. The highest BCUT2D eigenvalue weighted by Gasteiger charge is 2.37. The van der Waals surface area contributed by atoms with Crippen LogP contribution in [0, 0.1) is 0 Å². The van der Waals surface area contributed by atoms with Gasteiger partial charge in [-0.1, -0.05) is 17.3 Å². The van der Waals surface area contributed by atoms with E-state index in [9.17, 15) is 18.0 Å². The fourth-order valence-electron chi connectivity index (χ4n) is 1.66. The Morgan fingerprint density at radius 3 is 2.67 bits per heavy atom. The van der Waals surface area contributed by atoms with E-state index in [1.807, 2.05) is 0 Å². The van der Waals surface area contributed by atoms with Crippen LogP contribution in [0.2, 0.25) is 0 Å². The average molecular weight is 259 g/mol. The van der Waals surface area contributed by atoms with Crippen LogP contribution in [0.1, 0.15) is 24.1 Å². The molecule has 1 aromatic carbocycles. The molecule has 0 aliphatic rings. The normalized spacial score (nSPS) is 13.8. The van der Waals surface area contributed by atoms with E-state index in [1.165, 1.54) is 25.1 Å². The number of alkyl halides is 3. The average Bonchev–Trinajstić information content (AvgIpc) is 2.70. The fraction of sp³-hybridized carbons (Fsp3) is 0.273. The second-order valence-corrected chi connectivity index (χ2v) is 3.81. The van der Waals surface area contributed by atoms with Crippen molar-refractivity contribution in [1.29, 1.82) is 0 Å². The predicted molar refractivity (Wildman–Crippen MR) is 55.1 cm³/mol. The Balaban J connectivity index is 2.66. The monoisotopic (exact) mass is 259 g/mol. The Hall–Kier alpha value is -2.05. The number of para-hydroxylation sites is 1. The summed E-state index contributed by atoms with van der Waals surface area (Å²) in [4.78, 5) is 10.9. The number of carboxylic acid groups (broad SMARTS) is 1. The number of fused-ring (bicyclic) bond motifs is 1. The predicted octanol–water partition coefficient (Wildman–Crippen LogP) is 3.03. The highest BCUT2D eigenvalue weighted by atomic mass is 19.4. The summed E-state index contributed by atoms with van der Waals surface area (Å²) in [6.07, 6.45) is -4.63. The van der Waals surface area contributed by atoms with Crippen LogP contribution in [-0.4, -0.2) is 16.2 Å². The number of carboxylic acids is 1. The summed E-state index contributed by atoms with van der Waals surface area (Å²) < 4.78 is 42.5. The van der Waals surface area contributed by atoms with Crippen LogP contribution in [0.5, 0.6) is 0 Å². The molecule has 0 amide bonds. The molecule has 1 N–H and O–H groups in total. The van der Waals surface area contributed by atoms with Crippen LogP contribution >= 0.6 is 0 Å². The number of carbonyl (C=O) groups is 1. The van der Waals surface area contributed by atoms with Crippen molar-refractivity contribution >= 4 is 16.9 Å². The first-order valence-electron chi connectivity index (χ1n) is 5.00. The van der Waals surface area contributed by atoms with Gasteiger partial charge in [-0.2, -0.15) is 13.2 Å². The number of aliphatic carboxylic acids is 1. The van der Waals surface area contributed by atoms with Crippen LogP contribution in [0.25, 0.3) is 11.0 Å². The van der Waals surface area contributed by atoms with Crippen molar-refractivity contribution in [2.75, 3.05) is 0 Å². The third kappa shape index (κ3) is 1.92. The third-order valence-corrected chi connectivity index (χ3v) is 2.63. The second-order valence-electron chi connectivity index (χ2n) is 3.81. The molecule has 0 aliphatic heterocycles. The number of nitrogens with zero attached hydrogens (tertiary/aromatic N) is 1. The lowest BCUT2D eigenvalue weighted by molar-refractivity contribution is -0.141. The smallest absolute Gasteiger partial charge is 0.437 e. The lowest BCUT2D eigenvalue weighted by atomic mass is 9.99. The number of rotatable bonds is 2. The molecule has 0 saturated carbocycles. The molecule has 1 atom stereocenters. The topological polar surface area (TPSA) is 63.3 Å². The van der Waals surface area contributed by atoms with Crippen molar-refractivity contribution in [2.24, 2.45) is 0 Å². The molecule has 2 aromatic rings. The minimum atomic E-state index is -4.63. The number of hydrogen-bond acceptors (Lipinski definition) is 3. The van der Waals surface area contributed by atoms with E-state index in [4.69, 9.17) is 5.11 Å². The van der Waals surface area contributed by atoms with Gasteiger partial charge in [0.2, 0.25) is 0 Å². The van der Waals surface area contributed by atoms with Gasteiger partial charge in [-0.25, -0.2) is 0 Å². The van der Waals surface area contributed by atoms with Gasteiger partial charge in [0.15, 0.2) is 11.3 Å². The molecule has 0 fully saturated rings. The number of halogens is 3. The maximum atomic E-state index is 12.6. The van der Waals surface area contributed by atoms with Gasteiger partial charge in [-0.15, -0.1) is 0 Å². The molecule has 96 valence electrons. The van der Waals surface area contributed by atoms with Crippen LogP contribution in [0.4, 0.5) is 13.2 Å². The van der Waals surface area contributed by atoms with Crippen LogP contribution in [0.15, 0.2) is 22.7 Å². The maximum absolute atomic E-state index is 12.6. The Bertz CT molecular complexity index is 603. The van der Waals surface area contributed by atoms with Gasteiger partial charge in [0.1, 0.15) is 0 Å². The van der Waals surface area contributed by atoms with Crippen molar-refractivity contribution in [3.8, 4) is 0 Å². The maximum Gasteiger partial charge on any atom is 0.437 e. The van der Waals surface area contributed by atoms with Crippen molar-refractivity contribution in [1.82, 2.24) is 5.16 Å². The van der Waals surface area contributed by atoms with Gasteiger partial charge < -0.3 is 9.63 Å². The molecular formula is C11H8F3NO3. The highest BCUT2D eigenvalue weighted by Crippen LogP contribution is 2.36. The Kier molecular flexibility index (Phi) is 2.76. The summed E-state index contributed by atoms with van der Waals surface area (Å²) in [7, 11) is 0. The molecule has 2 rings (SSSR count). The largest absolute Gasteiger partial charge is 0.481 e. The van der Waals surface area contributed by atoms with Crippen molar-refractivity contribution in [3.05, 3.63) is 29.5 Å². The van der Waals surface area contributed by atoms with Gasteiger partial charge >= 0.3 is 12.1 Å². The van der Waals surface area contributed by atoms with Gasteiger partial charge in [0, 0.05) is 5.56 Å². The molecule has 4 nitrogen and oxygen atoms in total. The fourth-order valence-corrected chi connectivity index (χ4v) is 1.66. The van der Waals surface area contributed by atoms with Crippen LogP contribution in [0.3, 0.4) is 0 Å². The lowest BCUT2D eigenvalue weighted by Crippen LogP contribution is -2.08. The van der Waals surface area contributed by atoms with E-state index >= 15 is 0 Å². The van der Waals surface area contributed by atoms with Gasteiger partial charge in [-0.3, -0.25) is 4.79 Å². The molecule has 18 heavy (non-hydrogen) atoms. The lowest BCUT2D eigenvalue weighted by Gasteiger charge is -2.06. The number of aromatic nitrogens is 1. The van der Waals surface area contributed by atoms with E-state index in [1.54, 1.807) is 0 Å². The minimum Gasteiger partial charge on any atom is -0.481 e. The summed E-state index contributed by atoms with van der Waals surface area (Å²) in [5, 5.41) is 11.6. The Labute approximate surface area is 99.0 Å². The quantitative estimate of drug-likeness (QED) is 0.900. The summed E-state index contributed by atoms with van der Waals surface area (Å²) in [6.45, 7) is 1.37. The number of benzene rings is 1. The summed E-state index contributed by atoms with van der Waals surface area (Å²) in [6, 6.07) is 3.96. The molecule has 0 spiro atoms. The first-order chi connectivity index (χ1) is 8.32. The van der Waals surface area contributed by atoms with E-state index in [0.717, 1.165) is 0 Å². The van der Waals surface area contributed by atoms with Crippen molar-refractivity contribution < 1.29 is 27.6 Å². The van der Waals surface area contributed by atoms with Crippen molar-refractivity contribution in [2.45, 2.75) is 19.0 Å². The highest BCUT2D eigenvalue weighted by molar-refractivity contribution is 5.88. The van der Waals surface area contributed by atoms with Gasteiger partial charge in [0.25, 0.3) is 0 Å². The van der Waals surface area contributed by atoms with E-state index in [-0.39, 0.29) is 16.5 Å². The summed E-state index contributed by atoms with van der Waals surface area (Å²) in [5.74, 6) is -2.12. The summed E-state index contributed by atoms with van der Waals surface area (Å²) in [5.41, 5.74) is -1.11. The second kappa shape index (κ2) is 4.01. The molecule has 1 unspecified atom stereocenters. The molecule has 0 aliphatic carbocycles. The molecule has 1 heterocycles. The SMILES string of the molecule is CC(C(=O)O)c1cccc2c(C(F)(F)F)noc12. The van der Waals surface area contributed by atoms with Gasteiger partial charge in [-0.05, 0) is 13.0 Å². The zero-order valence-corrected chi connectivity index (χ0v) is 9.15. The van der Waals surface area contributed by atoms with E-state index in [0.29, 0.717) is 0 Å². The number of hydrogen-bond donors (Lipinski definition) is 1. The molecule has 0 bridgehead atoms. The summed E-state index contributed by atoms with van der Waals surface area (Å²) >= 11 is 0. The van der Waals surface area contributed by atoms with Gasteiger partial charge in [0.05, 0.1) is 11.3 Å². The van der Waals surface area contributed by atoms with E-state index in [2.05, 4.69) is 9.68 Å². The first kappa shape index (κ1) is 12.4. The van der Waals surface area contributed by atoms with Crippen molar-refractivity contribution in [3.63, 3.8) is 0 Å². The third-order valence-electron chi connectivity index (χ3n) is 2.63. The minimum absolute atomic E-state index is 0.139. The zero-order chi connectivity index (χ0) is 13.5. The van der Waals surface area contributed by atoms with Crippen LogP contribution in [-0.2, 0) is 11.0 Å². The molecule has 0 saturated heterocycles. The molecule has 0 radical (unpaired) electrons. The molecule has 1 aromatic heterocycles. The zero-order valence-electron chi connectivity index (χ0n) is 9.15. The van der Waals surface area contributed by atoms with E-state index < -0.39 is 23.8 Å². The Morgan fingerprint density at radius 1 is 1.44 bits per heavy atom. The standard InChI is InChI=1S/C11H8F3NO3/c1-5(10(16)17)6-3-2-4-7-8(6)18-15-9(7)11(12,13)14/h2-5H,1H3,(H,16,17). The Morgan fingerprint density at radius 2 is 2.11 bits per heavy atom. The van der Waals surface area contributed by atoms with Crippen LogP contribution < -0.4 is 0 Å². The first-order valence-corrected chi connectivity index (χ1v) is 5.00.